The van der Waals surface area contributed by atoms with Crippen LogP contribution in [0.5, 0.6) is 5.75 Å². The van der Waals surface area contributed by atoms with Gasteiger partial charge in [0.1, 0.15) is 12.4 Å². The average molecular weight is 227 g/mol. The number of fused-ring (bicyclic) bond motifs is 1. The van der Waals surface area contributed by atoms with E-state index in [1.807, 2.05) is 0 Å². The largest absolute Gasteiger partial charge is 0.492 e. The molecule has 0 aromatic heterocycles. The number of sulfone groups is 1. The number of benzene rings is 1. The molecule has 82 valence electrons. The maximum atomic E-state index is 11.5. The number of rotatable bonds is 3. The molecule has 0 spiro atoms. The summed E-state index contributed by atoms with van der Waals surface area (Å²) in [5, 5.41) is 0. The van der Waals surface area contributed by atoms with Crippen LogP contribution in [0.4, 0.5) is 0 Å². The second-order valence-electron chi connectivity index (χ2n) is 3.48. The minimum Gasteiger partial charge on any atom is -0.492 e. The lowest BCUT2D eigenvalue weighted by Crippen LogP contribution is -2.10. The molecule has 4 nitrogen and oxygen atoms in total. The van der Waals surface area contributed by atoms with Gasteiger partial charge in [0.2, 0.25) is 0 Å². The van der Waals surface area contributed by atoms with Crippen molar-refractivity contribution in [2.24, 2.45) is 5.73 Å². The van der Waals surface area contributed by atoms with Gasteiger partial charge in [-0.2, -0.15) is 0 Å². The Morgan fingerprint density at radius 2 is 2.20 bits per heavy atom. The van der Waals surface area contributed by atoms with E-state index < -0.39 is 9.84 Å². The topological polar surface area (TPSA) is 69.4 Å². The molecule has 0 fully saturated rings. The van der Waals surface area contributed by atoms with Gasteiger partial charge in [0, 0.05) is 6.54 Å². The smallest absolute Gasteiger partial charge is 0.178 e. The van der Waals surface area contributed by atoms with Crippen LogP contribution in [0.1, 0.15) is 5.56 Å². The van der Waals surface area contributed by atoms with E-state index in [4.69, 9.17) is 10.5 Å². The first kappa shape index (κ1) is 10.4. The molecule has 1 heterocycles. The van der Waals surface area contributed by atoms with E-state index in [1.54, 1.807) is 18.2 Å². The molecule has 0 bridgehead atoms. The van der Waals surface area contributed by atoms with Gasteiger partial charge in [-0.25, -0.2) is 8.42 Å². The first-order chi connectivity index (χ1) is 7.13. The van der Waals surface area contributed by atoms with Crippen molar-refractivity contribution in [1.82, 2.24) is 0 Å². The molecule has 5 heteroatoms. The van der Waals surface area contributed by atoms with Crippen LogP contribution in [0, 0.1) is 0 Å². The van der Waals surface area contributed by atoms with Crippen LogP contribution in [-0.4, -0.2) is 27.3 Å². The second kappa shape index (κ2) is 3.83. The Morgan fingerprint density at radius 3 is 2.93 bits per heavy atom. The highest BCUT2D eigenvalue weighted by atomic mass is 32.2. The molecule has 0 saturated heterocycles. The van der Waals surface area contributed by atoms with Crippen LogP contribution in [0.3, 0.4) is 0 Å². The zero-order valence-corrected chi connectivity index (χ0v) is 9.09. The Balaban J connectivity index is 2.30. The standard InChI is InChI=1S/C10H13NO3S/c11-4-5-14-9-1-2-10-8(7-9)3-6-15(10,12)13/h1-2,7H,3-6,11H2. The van der Waals surface area contributed by atoms with Crippen LogP contribution in [0.25, 0.3) is 0 Å². The number of hydrogen-bond acceptors (Lipinski definition) is 4. The molecule has 0 radical (unpaired) electrons. The van der Waals surface area contributed by atoms with Gasteiger partial charge >= 0.3 is 0 Å². The SMILES string of the molecule is NCCOc1ccc2c(c1)CCS2(=O)=O. The summed E-state index contributed by atoms with van der Waals surface area (Å²) in [4.78, 5) is 0.447. The Morgan fingerprint density at radius 1 is 1.40 bits per heavy atom. The molecule has 0 saturated carbocycles. The summed E-state index contributed by atoms with van der Waals surface area (Å²) in [7, 11) is -3.02. The van der Waals surface area contributed by atoms with E-state index in [0.29, 0.717) is 30.2 Å². The van der Waals surface area contributed by atoms with Crippen molar-refractivity contribution in [3.63, 3.8) is 0 Å². The van der Waals surface area contributed by atoms with Gasteiger partial charge in [-0.15, -0.1) is 0 Å². The fourth-order valence-corrected chi connectivity index (χ4v) is 3.22. The van der Waals surface area contributed by atoms with E-state index in [9.17, 15) is 8.42 Å². The van der Waals surface area contributed by atoms with Crippen molar-refractivity contribution in [1.29, 1.82) is 0 Å². The zero-order chi connectivity index (χ0) is 10.9. The van der Waals surface area contributed by atoms with Gasteiger partial charge in [-0.1, -0.05) is 0 Å². The summed E-state index contributed by atoms with van der Waals surface area (Å²) < 4.78 is 28.4. The molecule has 1 aliphatic heterocycles. The summed E-state index contributed by atoms with van der Waals surface area (Å²) in [6, 6.07) is 5.08. The molecule has 0 unspecified atom stereocenters. The van der Waals surface area contributed by atoms with Crippen molar-refractivity contribution in [2.75, 3.05) is 18.9 Å². The van der Waals surface area contributed by atoms with E-state index in [-0.39, 0.29) is 5.75 Å². The third-order valence-corrected chi connectivity index (χ3v) is 4.20. The van der Waals surface area contributed by atoms with Crippen molar-refractivity contribution in [3.05, 3.63) is 23.8 Å². The minimum atomic E-state index is -3.02. The van der Waals surface area contributed by atoms with Crippen LogP contribution >= 0.6 is 0 Å². The van der Waals surface area contributed by atoms with Crippen molar-refractivity contribution in [2.45, 2.75) is 11.3 Å². The first-order valence-corrected chi connectivity index (χ1v) is 6.47. The third kappa shape index (κ3) is 1.98. The van der Waals surface area contributed by atoms with Gasteiger partial charge in [0.05, 0.1) is 10.6 Å². The summed E-state index contributed by atoms with van der Waals surface area (Å²) in [5.41, 5.74) is 6.16. The summed E-state index contributed by atoms with van der Waals surface area (Å²) in [5.74, 6) is 0.902. The molecule has 1 aliphatic rings. The average Bonchev–Trinajstić information content (AvgIpc) is 2.52. The number of ether oxygens (including phenoxy) is 1. The fourth-order valence-electron chi connectivity index (χ4n) is 1.68. The Bertz CT molecular complexity index is 468. The zero-order valence-electron chi connectivity index (χ0n) is 8.27. The monoisotopic (exact) mass is 227 g/mol. The molecule has 2 rings (SSSR count). The lowest BCUT2D eigenvalue weighted by atomic mass is 10.2. The molecule has 15 heavy (non-hydrogen) atoms. The van der Waals surface area contributed by atoms with Crippen molar-refractivity contribution >= 4 is 9.84 Å². The van der Waals surface area contributed by atoms with E-state index >= 15 is 0 Å². The normalized spacial score (nSPS) is 17.4. The van der Waals surface area contributed by atoms with E-state index in [1.165, 1.54) is 0 Å². The van der Waals surface area contributed by atoms with E-state index in [0.717, 1.165) is 5.56 Å². The number of nitrogens with two attached hydrogens (primary N) is 1. The highest BCUT2D eigenvalue weighted by Gasteiger charge is 2.26. The quantitative estimate of drug-likeness (QED) is 0.809. The lowest BCUT2D eigenvalue weighted by molar-refractivity contribution is 0.328. The van der Waals surface area contributed by atoms with Gasteiger partial charge in [-0.3, -0.25) is 0 Å². The third-order valence-electron chi connectivity index (χ3n) is 2.39. The predicted molar refractivity (Wildman–Crippen MR) is 56.7 cm³/mol. The minimum absolute atomic E-state index is 0.211. The van der Waals surface area contributed by atoms with Crippen molar-refractivity contribution in [3.8, 4) is 5.75 Å². The Labute approximate surface area is 89.0 Å². The molecule has 1 aromatic rings. The van der Waals surface area contributed by atoms with E-state index in [2.05, 4.69) is 0 Å². The molecule has 2 N–H and O–H groups in total. The molecular weight excluding hydrogens is 214 g/mol. The molecular formula is C10H13NO3S. The summed E-state index contributed by atoms with van der Waals surface area (Å²) >= 11 is 0. The van der Waals surface area contributed by atoms with Gasteiger partial charge in [0.15, 0.2) is 9.84 Å². The molecule has 0 atom stereocenters. The molecule has 0 amide bonds. The molecule has 1 aromatic carbocycles. The Hall–Kier alpha value is -1.07. The van der Waals surface area contributed by atoms with Crippen LogP contribution in [0.15, 0.2) is 23.1 Å². The van der Waals surface area contributed by atoms with Gasteiger partial charge < -0.3 is 10.5 Å². The predicted octanol–water partition coefficient (Wildman–Crippen LogP) is 0.354. The maximum Gasteiger partial charge on any atom is 0.178 e. The fraction of sp³-hybridized carbons (Fsp3) is 0.400. The van der Waals surface area contributed by atoms with Gasteiger partial charge in [0.25, 0.3) is 0 Å². The number of hydrogen-bond donors (Lipinski definition) is 1. The van der Waals surface area contributed by atoms with Crippen molar-refractivity contribution < 1.29 is 13.2 Å². The lowest BCUT2D eigenvalue weighted by Gasteiger charge is -2.05. The summed E-state index contributed by atoms with van der Waals surface area (Å²) in [6.45, 7) is 0.904. The van der Waals surface area contributed by atoms with Crippen LogP contribution in [0.2, 0.25) is 0 Å². The Kier molecular flexibility index (Phi) is 2.67. The first-order valence-electron chi connectivity index (χ1n) is 4.82. The van der Waals surface area contributed by atoms with Gasteiger partial charge in [-0.05, 0) is 30.2 Å². The summed E-state index contributed by atoms with van der Waals surface area (Å²) in [6.07, 6.45) is 0.581. The highest BCUT2D eigenvalue weighted by Crippen LogP contribution is 2.28. The number of aryl methyl sites for hydroxylation is 1. The highest BCUT2D eigenvalue weighted by molar-refractivity contribution is 7.91. The second-order valence-corrected chi connectivity index (χ2v) is 5.55. The maximum absolute atomic E-state index is 11.5. The molecule has 0 aliphatic carbocycles. The van der Waals surface area contributed by atoms with Crippen LogP contribution in [-0.2, 0) is 16.3 Å². The van der Waals surface area contributed by atoms with Crippen LogP contribution < -0.4 is 10.5 Å².